The highest BCUT2D eigenvalue weighted by Gasteiger charge is 2.16. The van der Waals surface area contributed by atoms with Crippen LogP contribution in [0.1, 0.15) is 12.5 Å². The zero-order chi connectivity index (χ0) is 22.9. The highest BCUT2D eigenvalue weighted by atomic mass is 32.2. The quantitative estimate of drug-likeness (QED) is 0.272. The molecule has 168 valence electrons. The van der Waals surface area contributed by atoms with E-state index in [9.17, 15) is 4.79 Å². The van der Waals surface area contributed by atoms with Crippen LogP contribution >= 0.6 is 23.5 Å². The number of thioether (sulfide) groups is 2. The van der Waals surface area contributed by atoms with E-state index in [0.29, 0.717) is 29.0 Å². The van der Waals surface area contributed by atoms with Crippen molar-refractivity contribution in [3.8, 4) is 22.9 Å². The maximum atomic E-state index is 12.2. The molecule has 0 saturated heterocycles. The summed E-state index contributed by atoms with van der Waals surface area (Å²) in [6, 6.07) is 13.5. The molecule has 3 aromatic rings. The molecule has 0 unspecified atom stereocenters. The second kappa shape index (κ2) is 11.6. The first kappa shape index (κ1) is 23.7. The Morgan fingerprint density at radius 3 is 2.53 bits per heavy atom. The van der Waals surface area contributed by atoms with Crippen LogP contribution in [0.2, 0.25) is 0 Å². The third-order valence-corrected chi connectivity index (χ3v) is 6.24. The van der Waals surface area contributed by atoms with E-state index in [1.54, 1.807) is 32.2 Å². The van der Waals surface area contributed by atoms with Gasteiger partial charge in [0.15, 0.2) is 22.5 Å². The number of carbonyl (C=O) groups excluding carboxylic acids is 1. The van der Waals surface area contributed by atoms with E-state index in [0.717, 1.165) is 11.1 Å². The summed E-state index contributed by atoms with van der Waals surface area (Å²) in [7, 11) is 3.19. The van der Waals surface area contributed by atoms with Crippen molar-refractivity contribution >= 4 is 35.6 Å². The molecule has 0 radical (unpaired) electrons. The van der Waals surface area contributed by atoms with Gasteiger partial charge in [0.25, 0.3) is 5.91 Å². The average Bonchev–Trinajstić information content (AvgIpc) is 3.25. The van der Waals surface area contributed by atoms with Crippen molar-refractivity contribution in [2.24, 2.45) is 5.10 Å². The lowest BCUT2D eigenvalue weighted by molar-refractivity contribution is -0.118. The molecule has 3 rings (SSSR count). The lowest BCUT2D eigenvalue weighted by Gasteiger charge is -2.10. The molecule has 2 aromatic carbocycles. The van der Waals surface area contributed by atoms with Crippen LogP contribution < -0.4 is 14.9 Å². The van der Waals surface area contributed by atoms with Gasteiger partial charge in [0.05, 0.1) is 26.2 Å². The van der Waals surface area contributed by atoms with Gasteiger partial charge in [-0.1, -0.05) is 23.9 Å². The predicted molar refractivity (Wildman–Crippen MR) is 129 cm³/mol. The van der Waals surface area contributed by atoms with Crippen LogP contribution in [0, 0.1) is 0 Å². The average molecular weight is 472 g/mol. The maximum Gasteiger partial charge on any atom is 0.250 e. The third kappa shape index (κ3) is 5.83. The Morgan fingerprint density at radius 2 is 1.88 bits per heavy atom. The Balaban J connectivity index is 1.62. The minimum absolute atomic E-state index is 0.173. The van der Waals surface area contributed by atoms with Gasteiger partial charge in [0.1, 0.15) is 0 Å². The van der Waals surface area contributed by atoms with E-state index in [1.807, 2.05) is 60.2 Å². The molecule has 1 heterocycles. The molecule has 0 spiro atoms. The van der Waals surface area contributed by atoms with Crippen molar-refractivity contribution < 1.29 is 14.3 Å². The van der Waals surface area contributed by atoms with Crippen LogP contribution in [0.15, 0.2) is 57.6 Å². The van der Waals surface area contributed by atoms with Crippen molar-refractivity contribution in [2.75, 3.05) is 26.2 Å². The van der Waals surface area contributed by atoms with E-state index < -0.39 is 0 Å². The highest BCUT2D eigenvalue weighted by Crippen LogP contribution is 2.32. The Bertz CT molecular complexity index is 1080. The SMILES string of the molecule is CCn1c(SCC(=O)N/N=C/c2ccc(SC)cc2)nnc1-c1ccc(OC)c(OC)c1. The number of benzene rings is 2. The van der Waals surface area contributed by atoms with Crippen molar-refractivity contribution in [2.45, 2.75) is 23.5 Å². The number of hydrogen-bond donors (Lipinski definition) is 1. The molecule has 0 aliphatic carbocycles. The first-order valence-electron chi connectivity index (χ1n) is 9.84. The number of hydrazone groups is 1. The maximum absolute atomic E-state index is 12.2. The van der Waals surface area contributed by atoms with Crippen molar-refractivity contribution in [1.82, 2.24) is 20.2 Å². The summed E-state index contributed by atoms with van der Waals surface area (Å²) in [6.07, 6.45) is 3.65. The number of amides is 1. The molecule has 32 heavy (non-hydrogen) atoms. The fourth-order valence-electron chi connectivity index (χ4n) is 2.90. The molecule has 0 atom stereocenters. The molecule has 10 heteroatoms. The highest BCUT2D eigenvalue weighted by molar-refractivity contribution is 7.99. The number of hydrogen-bond acceptors (Lipinski definition) is 8. The molecule has 0 bridgehead atoms. The smallest absolute Gasteiger partial charge is 0.250 e. The lowest BCUT2D eigenvalue weighted by atomic mass is 10.2. The van der Waals surface area contributed by atoms with Crippen LogP contribution in [-0.4, -0.2) is 53.1 Å². The van der Waals surface area contributed by atoms with E-state index in [-0.39, 0.29) is 11.7 Å². The Morgan fingerprint density at radius 1 is 1.12 bits per heavy atom. The monoisotopic (exact) mass is 471 g/mol. The summed E-state index contributed by atoms with van der Waals surface area (Å²) >= 11 is 2.98. The van der Waals surface area contributed by atoms with Crippen molar-refractivity contribution in [1.29, 1.82) is 0 Å². The molecular formula is C22H25N5O3S2. The number of aromatic nitrogens is 3. The van der Waals surface area contributed by atoms with Crippen LogP contribution in [0.5, 0.6) is 11.5 Å². The zero-order valence-electron chi connectivity index (χ0n) is 18.4. The van der Waals surface area contributed by atoms with Crippen LogP contribution in [0.3, 0.4) is 0 Å². The first-order chi connectivity index (χ1) is 15.6. The topological polar surface area (TPSA) is 90.6 Å². The summed E-state index contributed by atoms with van der Waals surface area (Å²) < 4.78 is 12.6. The van der Waals surface area contributed by atoms with Gasteiger partial charge in [-0.2, -0.15) is 5.10 Å². The van der Waals surface area contributed by atoms with Crippen LogP contribution in [0.25, 0.3) is 11.4 Å². The van der Waals surface area contributed by atoms with Gasteiger partial charge in [-0.25, -0.2) is 5.43 Å². The lowest BCUT2D eigenvalue weighted by Crippen LogP contribution is -2.20. The molecule has 0 saturated carbocycles. The summed E-state index contributed by atoms with van der Waals surface area (Å²) in [5.74, 6) is 1.91. The van der Waals surface area contributed by atoms with Gasteiger partial charge in [0, 0.05) is 17.0 Å². The van der Waals surface area contributed by atoms with Gasteiger partial charge in [0.2, 0.25) is 0 Å². The molecule has 1 amide bonds. The number of rotatable bonds is 10. The zero-order valence-corrected chi connectivity index (χ0v) is 20.0. The summed E-state index contributed by atoms with van der Waals surface area (Å²) in [4.78, 5) is 13.4. The number of nitrogens with zero attached hydrogens (tertiary/aromatic N) is 4. The summed E-state index contributed by atoms with van der Waals surface area (Å²) in [5.41, 5.74) is 4.32. The minimum atomic E-state index is -0.217. The number of ether oxygens (including phenoxy) is 2. The molecule has 0 aliphatic rings. The minimum Gasteiger partial charge on any atom is -0.493 e. The van der Waals surface area contributed by atoms with Crippen LogP contribution in [-0.2, 0) is 11.3 Å². The standard InChI is InChI=1S/C22H25N5O3S2/c1-5-27-21(16-8-11-18(29-2)19(12-16)30-3)25-26-22(27)32-14-20(28)24-23-13-15-6-9-17(31-4)10-7-15/h6-13H,5,14H2,1-4H3,(H,24,28)/b23-13+. The molecule has 1 aromatic heterocycles. The van der Waals surface area contributed by atoms with Crippen molar-refractivity contribution in [3.63, 3.8) is 0 Å². The normalized spacial score (nSPS) is 11.0. The molecule has 0 fully saturated rings. The fourth-order valence-corrected chi connectivity index (χ4v) is 4.10. The second-order valence-electron chi connectivity index (χ2n) is 6.48. The summed E-state index contributed by atoms with van der Waals surface area (Å²) in [5, 5.41) is 13.3. The van der Waals surface area contributed by atoms with E-state index in [4.69, 9.17) is 9.47 Å². The fraction of sp³-hybridized carbons (Fsp3) is 0.273. The third-order valence-electron chi connectivity index (χ3n) is 4.53. The van der Waals surface area contributed by atoms with Gasteiger partial charge in [-0.3, -0.25) is 4.79 Å². The Hall–Kier alpha value is -2.98. The van der Waals surface area contributed by atoms with E-state index in [2.05, 4.69) is 20.7 Å². The van der Waals surface area contributed by atoms with Gasteiger partial charge in [-0.15, -0.1) is 22.0 Å². The number of nitrogens with one attached hydrogen (secondary N) is 1. The molecular weight excluding hydrogens is 446 g/mol. The molecule has 0 aliphatic heterocycles. The largest absolute Gasteiger partial charge is 0.493 e. The second-order valence-corrected chi connectivity index (χ2v) is 8.30. The molecule has 1 N–H and O–H groups in total. The van der Waals surface area contributed by atoms with Crippen molar-refractivity contribution in [3.05, 3.63) is 48.0 Å². The summed E-state index contributed by atoms with van der Waals surface area (Å²) in [6.45, 7) is 2.66. The predicted octanol–water partition coefficient (Wildman–Crippen LogP) is 3.95. The number of carbonyl (C=O) groups is 1. The Labute approximate surface area is 195 Å². The first-order valence-corrected chi connectivity index (χ1v) is 12.0. The van der Waals surface area contributed by atoms with Crippen LogP contribution in [0.4, 0.5) is 0 Å². The van der Waals surface area contributed by atoms with Gasteiger partial charge in [-0.05, 0) is 49.1 Å². The van der Waals surface area contributed by atoms with E-state index in [1.165, 1.54) is 16.7 Å². The van der Waals surface area contributed by atoms with E-state index >= 15 is 0 Å². The van der Waals surface area contributed by atoms with Gasteiger partial charge >= 0.3 is 0 Å². The molecule has 8 nitrogen and oxygen atoms in total. The Kier molecular flexibility index (Phi) is 8.57. The number of methoxy groups -OCH3 is 2. The van der Waals surface area contributed by atoms with Gasteiger partial charge < -0.3 is 14.0 Å².